The first-order chi connectivity index (χ1) is 5.24. The average Bonchev–Trinajstić information content (AvgIpc) is 2.06. The van der Waals surface area contributed by atoms with Crippen molar-refractivity contribution >= 4 is 6.29 Å². The number of allylic oxidation sites excluding steroid dienone is 4. The van der Waals surface area contributed by atoms with Crippen LogP contribution in [0.15, 0.2) is 23.5 Å². The maximum Gasteiger partial charge on any atom is 0.145 e. The van der Waals surface area contributed by atoms with Crippen LogP contribution in [0.3, 0.4) is 0 Å². The lowest BCUT2D eigenvalue weighted by Crippen LogP contribution is -1.83. The highest BCUT2D eigenvalue weighted by atomic mass is 16.5. The molecule has 0 aliphatic heterocycles. The second kappa shape index (κ2) is 5.71. The quantitative estimate of drug-likeness (QED) is 0.268. The van der Waals surface area contributed by atoms with Gasteiger partial charge in [0.1, 0.15) is 6.29 Å². The van der Waals surface area contributed by atoms with Gasteiger partial charge in [-0.1, -0.05) is 13.0 Å². The number of methoxy groups -OCH3 is 1. The molecular formula is C9H14O2. The first-order valence-corrected chi connectivity index (χ1v) is 3.61. The summed E-state index contributed by atoms with van der Waals surface area (Å²) in [6, 6.07) is 0. The normalized spacial score (nSPS) is 13.0. The fourth-order valence-corrected chi connectivity index (χ4v) is 0.594. The Bertz CT molecular complexity index is 172. The lowest BCUT2D eigenvalue weighted by molar-refractivity contribution is -0.104. The number of aldehydes is 1. The van der Waals surface area contributed by atoms with E-state index in [1.54, 1.807) is 20.1 Å². The summed E-state index contributed by atoms with van der Waals surface area (Å²) in [5.41, 5.74) is 0.702. The summed E-state index contributed by atoms with van der Waals surface area (Å²) in [6.45, 7) is 3.76. The van der Waals surface area contributed by atoms with Gasteiger partial charge in [0.2, 0.25) is 0 Å². The molecule has 0 spiro atoms. The smallest absolute Gasteiger partial charge is 0.145 e. The molecule has 0 saturated heterocycles. The van der Waals surface area contributed by atoms with E-state index in [2.05, 4.69) is 0 Å². The minimum atomic E-state index is 0.702. The van der Waals surface area contributed by atoms with Crippen LogP contribution in [0.5, 0.6) is 0 Å². The van der Waals surface area contributed by atoms with Crippen LogP contribution in [0, 0.1) is 0 Å². The molecule has 0 radical (unpaired) electrons. The van der Waals surface area contributed by atoms with Crippen molar-refractivity contribution in [3.63, 3.8) is 0 Å². The molecule has 2 heteroatoms. The Labute approximate surface area is 67.6 Å². The van der Waals surface area contributed by atoms with E-state index >= 15 is 0 Å². The van der Waals surface area contributed by atoms with Gasteiger partial charge in [0, 0.05) is 6.42 Å². The number of rotatable bonds is 4. The maximum atomic E-state index is 10.2. The highest BCUT2D eigenvalue weighted by Gasteiger charge is 1.87. The molecule has 0 saturated carbocycles. The second-order valence-electron chi connectivity index (χ2n) is 2.22. The first kappa shape index (κ1) is 9.95. The zero-order valence-corrected chi connectivity index (χ0v) is 7.26. The van der Waals surface area contributed by atoms with Crippen molar-refractivity contribution in [2.24, 2.45) is 0 Å². The molecule has 0 unspecified atom stereocenters. The largest absolute Gasteiger partial charge is 0.501 e. The predicted octanol–water partition coefficient (Wildman–Crippen LogP) is 2.07. The van der Waals surface area contributed by atoms with Gasteiger partial charge in [-0.3, -0.25) is 4.79 Å². The molecule has 0 atom stereocenters. The van der Waals surface area contributed by atoms with Gasteiger partial charge >= 0.3 is 0 Å². The second-order valence-corrected chi connectivity index (χ2v) is 2.22. The van der Waals surface area contributed by atoms with Crippen molar-refractivity contribution in [2.75, 3.05) is 7.11 Å². The van der Waals surface area contributed by atoms with E-state index < -0.39 is 0 Å². The number of carbonyl (C=O) groups is 1. The van der Waals surface area contributed by atoms with Crippen LogP contribution in [0.1, 0.15) is 20.3 Å². The molecule has 0 bridgehead atoms. The number of hydrogen-bond acceptors (Lipinski definition) is 2. The first-order valence-electron chi connectivity index (χ1n) is 3.61. The molecule has 0 rings (SSSR count). The Morgan fingerprint density at radius 2 is 2.09 bits per heavy atom. The van der Waals surface area contributed by atoms with E-state index in [4.69, 9.17) is 4.74 Å². The summed E-state index contributed by atoms with van der Waals surface area (Å²) < 4.78 is 4.99. The van der Waals surface area contributed by atoms with Crippen molar-refractivity contribution in [3.05, 3.63) is 23.5 Å². The van der Waals surface area contributed by atoms with Crippen LogP contribution >= 0.6 is 0 Å². The van der Waals surface area contributed by atoms with Crippen molar-refractivity contribution in [2.45, 2.75) is 20.3 Å². The van der Waals surface area contributed by atoms with Crippen LogP contribution in [-0.4, -0.2) is 13.4 Å². The van der Waals surface area contributed by atoms with Crippen LogP contribution in [0.25, 0.3) is 0 Å². The number of hydrogen-bond donors (Lipinski definition) is 0. The van der Waals surface area contributed by atoms with E-state index in [1.165, 1.54) is 0 Å². The van der Waals surface area contributed by atoms with E-state index in [0.29, 0.717) is 5.57 Å². The molecule has 0 fully saturated rings. The fourth-order valence-electron chi connectivity index (χ4n) is 0.594. The van der Waals surface area contributed by atoms with Gasteiger partial charge in [-0.15, -0.1) is 0 Å². The Morgan fingerprint density at radius 3 is 2.45 bits per heavy atom. The molecule has 62 valence electrons. The molecule has 0 aliphatic rings. The monoisotopic (exact) mass is 154 g/mol. The predicted molar refractivity (Wildman–Crippen MR) is 45.2 cm³/mol. The van der Waals surface area contributed by atoms with Gasteiger partial charge < -0.3 is 4.74 Å². The highest BCUT2D eigenvalue weighted by Crippen LogP contribution is 2.01. The Hall–Kier alpha value is -1.05. The summed E-state index contributed by atoms with van der Waals surface area (Å²) in [5.74, 6) is 0.881. The van der Waals surface area contributed by atoms with Crippen molar-refractivity contribution in [1.82, 2.24) is 0 Å². The summed E-state index contributed by atoms with van der Waals surface area (Å²) in [6.07, 6.45) is 5.22. The Morgan fingerprint density at radius 1 is 1.45 bits per heavy atom. The Balaban J connectivity index is 4.17. The molecule has 0 N–H and O–H groups in total. The molecule has 0 aliphatic carbocycles. The SMILES string of the molecule is CC/C(=C\C=C(/C)C=O)OC. The van der Waals surface area contributed by atoms with Gasteiger partial charge in [-0.05, 0) is 18.6 Å². The van der Waals surface area contributed by atoms with E-state index in [9.17, 15) is 4.79 Å². The minimum absolute atomic E-state index is 0.702. The summed E-state index contributed by atoms with van der Waals surface area (Å²) >= 11 is 0. The third-order valence-corrected chi connectivity index (χ3v) is 1.33. The maximum absolute atomic E-state index is 10.2. The average molecular weight is 154 g/mol. The molecule has 2 nitrogen and oxygen atoms in total. The fraction of sp³-hybridized carbons (Fsp3) is 0.444. The van der Waals surface area contributed by atoms with Crippen LogP contribution in [-0.2, 0) is 9.53 Å². The van der Waals surface area contributed by atoms with Crippen LogP contribution in [0.4, 0.5) is 0 Å². The summed E-state index contributed by atoms with van der Waals surface area (Å²) in [7, 11) is 1.62. The number of ether oxygens (including phenoxy) is 1. The zero-order valence-electron chi connectivity index (χ0n) is 7.26. The minimum Gasteiger partial charge on any atom is -0.501 e. The van der Waals surface area contributed by atoms with Crippen molar-refractivity contribution in [1.29, 1.82) is 0 Å². The summed E-state index contributed by atoms with van der Waals surface area (Å²) in [4.78, 5) is 10.2. The van der Waals surface area contributed by atoms with E-state index in [-0.39, 0.29) is 0 Å². The zero-order chi connectivity index (χ0) is 8.69. The third-order valence-electron chi connectivity index (χ3n) is 1.33. The molecule has 0 aromatic heterocycles. The molecular weight excluding hydrogens is 140 g/mol. The van der Waals surface area contributed by atoms with Crippen molar-refractivity contribution in [3.8, 4) is 0 Å². The lowest BCUT2D eigenvalue weighted by atomic mass is 10.2. The van der Waals surface area contributed by atoms with E-state index in [0.717, 1.165) is 18.5 Å². The standard InChI is InChI=1S/C9H14O2/c1-4-9(11-3)6-5-8(2)7-10/h5-7H,4H2,1-3H3/b8-5+,9-6+. The molecule has 0 aromatic carbocycles. The molecule has 0 amide bonds. The lowest BCUT2D eigenvalue weighted by Gasteiger charge is -1.99. The van der Waals surface area contributed by atoms with Gasteiger partial charge in [0.05, 0.1) is 12.9 Å². The number of carbonyl (C=O) groups excluding carboxylic acids is 1. The summed E-state index contributed by atoms with van der Waals surface area (Å²) in [5, 5.41) is 0. The van der Waals surface area contributed by atoms with Crippen LogP contribution < -0.4 is 0 Å². The van der Waals surface area contributed by atoms with Gasteiger partial charge in [-0.25, -0.2) is 0 Å². The van der Waals surface area contributed by atoms with Gasteiger partial charge in [-0.2, -0.15) is 0 Å². The topological polar surface area (TPSA) is 26.3 Å². The Kier molecular flexibility index (Phi) is 5.17. The third kappa shape index (κ3) is 4.37. The van der Waals surface area contributed by atoms with Gasteiger partial charge in [0.15, 0.2) is 0 Å². The van der Waals surface area contributed by atoms with E-state index in [1.807, 2.05) is 13.0 Å². The van der Waals surface area contributed by atoms with Crippen LogP contribution in [0.2, 0.25) is 0 Å². The molecule has 11 heavy (non-hydrogen) atoms. The highest BCUT2D eigenvalue weighted by molar-refractivity contribution is 5.72. The molecule has 0 heterocycles. The molecule has 0 aromatic rings. The van der Waals surface area contributed by atoms with Crippen molar-refractivity contribution < 1.29 is 9.53 Å². The van der Waals surface area contributed by atoms with Gasteiger partial charge in [0.25, 0.3) is 0 Å².